The van der Waals surface area contributed by atoms with E-state index in [4.69, 9.17) is 5.41 Å². The third-order valence-electron chi connectivity index (χ3n) is 4.53. The maximum absolute atomic E-state index is 8.32. The molecular formula is C20H35N3. The molecule has 2 N–H and O–H groups in total. The van der Waals surface area contributed by atoms with E-state index in [2.05, 4.69) is 31.1 Å². The third kappa shape index (κ3) is 7.62. The van der Waals surface area contributed by atoms with Gasteiger partial charge in [-0.15, -0.1) is 0 Å². The molecule has 0 saturated carbocycles. The van der Waals surface area contributed by atoms with Gasteiger partial charge >= 0.3 is 0 Å². The molecule has 0 fully saturated rings. The molecule has 3 heteroatoms. The fourth-order valence-corrected chi connectivity index (χ4v) is 2.70. The van der Waals surface area contributed by atoms with Gasteiger partial charge in [-0.2, -0.15) is 0 Å². The Hall–Kier alpha value is -1.38. The van der Waals surface area contributed by atoms with Crippen LogP contribution in [0.1, 0.15) is 84.1 Å². The number of hydrogen-bond acceptors (Lipinski definition) is 3. The molecule has 23 heavy (non-hydrogen) atoms. The molecule has 130 valence electrons. The van der Waals surface area contributed by atoms with E-state index in [1.165, 1.54) is 51.4 Å². The van der Waals surface area contributed by atoms with E-state index in [0.29, 0.717) is 5.71 Å². The van der Waals surface area contributed by atoms with Crippen LogP contribution >= 0.6 is 0 Å². The second-order valence-electron chi connectivity index (χ2n) is 6.52. The number of pyridine rings is 1. The van der Waals surface area contributed by atoms with Gasteiger partial charge < -0.3 is 10.7 Å². The maximum atomic E-state index is 8.32. The van der Waals surface area contributed by atoms with Gasteiger partial charge in [0.05, 0.1) is 0 Å². The molecule has 1 heterocycles. The van der Waals surface area contributed by atoms with Crippen LogP contribution in [0.25, 0.3) is 0 Å². The highest BCUT2D eigenvalue weighted by Crippen LogP contribution is 2.18. The van der Waals surface area contributed by atoms with Gasteiger partial charge in [0.2, 0.25) is 0 Å². The number of hydrogen-bond donors (Lipinski definition) is 2. The van der Waals surface area contributed by atoms with Crippen molar-refractivity contribution in [1.82, 2.24) is 4.98 Å². The zero-order valence-electron chi connectivity index (χ0n) is 15.3. The molecule has 0 aliphatic rings. The van der Waals surface area contributed by atoms with E-state index in [9.17, 15) is 0 Å². The standard InChI is InChI=1S/C20H35N3/c1-4-6-7-8-9-10-11-12-15-22-20-18(14-13-16-23-20)19(21)17(3)5-2/h13-14,16-17,21H,4-12,15H2,1-3H3,(H,22,23). The molecule has 0 spiro atoms. The predicted octanol–water partition coefficient (Wildman–Crippen LogP) is 6.05. The summed E-state index contributed by atoms with van der Waals surface area (Å²) >= 11 is 0. The predicted molar refractivity (Wildman–Crippen MR) is 102 cm³/mol. The lowest BCUT2D eigenvalue weighted by Gasteiger charge is -2.15. The van der Waals surface area contributed by atoms with Gasteiger partial charge in [0, 0.05) is 24.0 Å². The van der Waals surface area contributed by atoms with Gasteiger partial charge in [-0.05, 0) is 30.9 Å². The Morgan fingerprint density at radius 2 is 1.74 bits per heavy atom. The molecule has 0 amide bonds. The van der Waals surface area contributed by atoms with Crippen molar-refractivity contribution in [3.8, 4) is 0 Å². The number of unbranched alkanes of at least 4 members (excludes halogenated alkanes) is 7. The van der Waals surface area contributed by atoms with Crippen molar-refractivity contribution in [2.24, 2.45) is 5.92 Å². The van der Waals surface area contributed by atoms with E-state index in [-0.39, 0.29) is 5.92 Å². The summed E-state index contributed by atoms with van der Waals surface area (Å²) in [6.45, 7) is 7.45. The molecule has 1 atom stereocenters. The highest BCUT2D eigenvalue weighted by molar-refractivity contribution is 6.03. The fourth-order valence-electron chi connectivity index (χ4n) is 2.70. The number of nitrogens with one attached hydrogen (secondary N) is 2. The first-order chi connectivity index (χ1) is 11.2. The number of anilines is 1. The Bertz CT molecular complexity index is 442. The van der Waals surface area contributed by atoms with Crippen LogP contribution in [0.15, 0.2) is 18.3 Å². The summed E-state index contributed by atoms with van der Waals surface area (Å²) in [7, 11) is 0. The second kappa shape index (κ2) is 12.1. The summed E-state index contributed by atoms with van der Waals surface area (Å²) < 4.78 is 0. The van der Waals surface area contributed by atoms with Crippen molar-refractivity contribution in [2.45, 2.75) is 78.6 Å². The Morgan fingerprint density at radius 1 is 1.09 bits per heavy atom. The molecule has 1 aromatic rings. The van der Waals surface area contributed by atoms with Crippen molar-refractivity contribution in [3.63, 3.8) is 0 Å². The van der Waals surface area contributed by atoms with Crippen LogP contribution in [0.5, 0.6) is 0 Å². The minimum absolute atomic E-state index is 0.280. The van der Waals surface area contributed by atoms with Crippen LogP contribution in [-0.2, 0) is 0 Å². The van der Waals surface area contributed by atoms with Gasteiger partial charge in [0.25, 0.3) is 0 Å². The summed E-state index contributed by atoms with van der Waals surface area (Å²) in [6.07, 6.45) is 13.4. The molecule has 1 rings (SSSR count). The van der Waals surface area contributed by atoms with Gasteiger partial charge in [0.1, 0.15) is 5.82 Å². The second-order valence-corrected chi connectivity index (χ2v) is 6.52. The normalized spacial score (nSPS) is 12.1. The van der Waals surface area contributed by atoms with Crippen molar-refractivity contribution in [1.29, 1.82) is 5.41 Å². The molecule has 0 bridgehead atoms. The number of rotatable bonds is 13. The average molecular weight is 318 g/mol. The van der Waals surface area contributed by atoms with Crippen molar-refractivity contribution >= 4 is 11.5 Å². The van der Waals surface area contributed by atoms with Crippen molar-refractivity contribution in [2.75, 3.05) is 11.9 Å². The average Bonchev–Trinajstić information content (AvgIpc) is 2.59. The molecule has 3 nitrogen and oxygen atoms in total. The summed E-state index contributed by atoms with van der Waals surface area (Å²) in [5, 5.41) is 11.8. The Kier molecular flexibility index (Phi) is 10.3. The molecule has 1 unspecified atom stereocenters. The van der Waals surface area contributed by atoms with Gasteiger partial charge in [-0.25, -0.2) is 4.98 Å². The van der Waals surface area contributed by atoms with Crippen LogP contribution in [0.3, 0.4) is 0 Å². The smallest absolute Gasteiger partial charge is 0.135 e. The van der Waals surface area contributed by atoms with Crippen LogP contribution in [0.2, 0.25) is 0 Å². The zero-order chi connectivity index (χ0) is 16.9. The minimum Gasteiger partial charge on any atom is -0.370 e. The minimum atomic E-state index is 0.280. The molecule has 0 radical (unpaired) electrons. The monoisotopic (exact) mass is 317 g/mol. The molecule has 0 aromatic carbocycles. The Morgan fingerprint density at radius 3 is 2.39 bits per heavy atom. The van der Waals surface area contributed by atoms with E-state index in [1.807, 2.05) is 18.3 Å². The Balaban J connectivity index is 2.29. The highest BCUT2D eigenvalue weighted by Gasteiger charge is 2.13. The van der Waals surface area contributed by atoms with Crippen LogP contribution < -0.4 is 5.32 Å². The molecule has 0 saturated heterocycles. The summed E-state index contributed by atoms with van der Waals surface area (Å²) in [5.41, 5.74) is 1.65. The van der Waals surface area contributed by atoms with Crippen LogP contribution in [-0.4, -0.2) is 17.2 Å². The van der Waals surface area contributed by atoms with E-state index >= 15 is 0 Å². The quantitative estimate of drug-likeness (QED) is 0.344. The summed E-state index contributed by atoms with van der Waals surface area (Å²) in [5.74, 6) is 1.16. The molecule has 0 aliphatic heterocycles. The Labute approximate surface area is 142 Å². The van der Waals surface area contributed by atoms with E-state index in [0.717, 1.165) is 24.3 Å². The molecule has 1 aromatic heterocycles. The first kappa shape index (κ1) is 19.7. The maximum Gasteiger partial charge on any atom is 0.135 e. The number of nitrogens with zero attached hydrogens (tertiary/aromatic N) is 1. The fraction of sp³-hybridized carbons (Fsp3) is 0.700. The lowest BCUT2D eigenvalue weighted by atomic mass is 9.96. The SMILES string of the molecule is CCCCCCCCCCNc1ncccc1C(=N)C(C)CC. The highest BCUT2D eigenvalue weighted by atomic mass is 15.0. The molecular weight excluding hydrogens is 282 g/mol. The van der Waals surface area contributed by atoms with Gasteiger partial charge in [-0.1, -0.05) is 65.7 Å². The van der Waals surface area contributed by atoms with E-state index < -0.39 is 0 Å². The third-order valence-corrected chi connectivity index (χ3v) is 4.53. The van der Waals surface area contributed by atoms with Gasteiger partial charge in [-0.3, -0.25) is 0 Å². The summed E-state index contributed by atoms with van der Waals surface area (Å²) in [6, 6.07) is 3.94. The first-order valence-corrected chi connectivity index (χ1v) is 9.48. The van der Waals surface area contributed by atoms with Crippen LogP contribution in [0.4, 0.5) is 5.82 Å². The number of aromatic nitrogens is 1. The first-order valence-electron chi connectivity index (χ1n) is 9.48. The zero-order valence-corrected chi connectivity index (χ0v) is 15.3. The largest absolute Gasteiger partial charge is 0.370 e. The lowest BCUT2D eigenvalue weighted by Crippen LogP contribution is -2.15. The van der Waals surface area contributed by atoms with Crippen molar-refractivity contribution in [3.05, 3.63) is 23.9 Å². The van der Waals surface area contributed by atoms with Crippen LogP contribution in [0, 0.1) is 11.3 Å². The van der Waals surface area contributed by atoms with Gasteiger partial charge in [0.15, 0.2) is 0 Å². The topological polar surface area (TPSA) is 48.8 Å². The summed E-state index contributed by atoms with van der Waals surface area (Å²) in [4.78, 5) is 4.43. The van der Waals surface area contributed by atoms with E-state index in [1.54, 1.807) is 0 Å². The van der Waals surface area contributed by atoms with Crippen molar-refractivity contribution < 1.29 is 0 Å². The molecule has 0 aliphatic carbocycles. The lowest BCUT2D eigenvalue weighted by molar-refractivity contribution is 0.581.